The van der Waals surface area contributed by atoms with Crippen LogP contribution in [0.2, 0.25) is 0 Å². The fourth-order valence-electron chi connectivity index (χ4n) is 1.83. The standard InChI is InChI=1S/C11H19NO3/c1-7(2)8(3)10(13)12-6-4-5-9(12)11(14)15/h7-9H,4-6H2,1-3H3,(H,14,15)/t8-,9?/m1/s1. The molecule has 0 radical (unpaired) electrons. The molecule has 1 aliphatic rings. The van der Waals surface area contributed by atoms with Crippen molar-refractivity contribution in [1.29, 1.82) is 0 Å². The zero-order valence-electron chi connectivity index (χ0n) is 9.56. The van der Waals surface area contributed by atoms with E-state index in [1.165, 1.54) is 4.90 Å². The molecule has 0 aliphatic carbocycles. The summed E-state index contributed by atoms with van der Waals surface area (Å²) >= 11 is 0. The highest BCUT2D eigenvalue weighted by Gasteiger charge is 2.36. The van der Waals surface area contributed by atoms with Crippen LogP contribution in [0, 0.1) is 11.8 Å². The number of carbonyl (C=O) groups excluding carboxylic acids is 1. The van der Waals surface area contributed by atoms with Gasteiger partial charge in [-0.15, -0.1) is 0 Å². The zero-order valence-corrected chi connectivity index (χ0v) is 9.56. The van der Waals surface area contributed by atoms with Gasteiger partial charge in [-0.1, -0.05) is 20.8 Å². The van der Waals surface area contributed by atoms with Crippen LogP contribution in [0.25, 0.3) is 0 Å². The van der Waals surface area contributed by atoms with Crippen molar-refractivity contribution in [2.75, 3.05) is 6.54 Å². The van der Waals surface area contributed by atoms with E-state index in [-0.39, 0.29) is 17.7 Å². The molecule has 86 valence electrons. The van der Waals surface area contributed by atoms with Gasteiger partial charge in [-0.2, -0.15) is 0 Å². The summed E-state index contributed by atoms with van der Waals surface area (Å²) in [5.74, 6) is -0.732. The smallest absolute Gasteiger partial charge is 0.326 e. The molecule has 0 bridgehead atoms. The van der Waals surface area contributed by atoms with Crippen molar-refractivity contribution in [2.24, 2.45) is 11.8 Å². The van der Waals surface area contributed by atoms with E-state index in [4.69, 9.17) is 5.11 Å². The van der Waals surface area contributed by atoms with Crippen LogP contribution < -0.4 is 0 Å². The number of carboxylic acid groups (broad SMARTS) is 1. The number of carboxylic acids is 1. The van der Waals surface area contributed by atoms with Gasteiger partial charge in [-0.3, -0.25) is 4.79 Å². The first-order chi connectivity index (χ1) is 6.95. The van der Waals surface area contributed by atoms with Crippen LogP contribution in [0.15, 0.2) is 0 Å². The van der Waals surface area contributed by atoms with E-state index in [2.05, 4.69) is 0 Å². The molecular weight excluding hydrogens is 194 g/mol. The molecule has 1 amide bonds. The second-order valence-corrected chi connectivity index (χ2v) is 4.56. The van der Waals surface area contributed by atoms with Gasteiger partial charge in [0.05, 0.1) is 0 Å². The summed E-state index contributed by atoms with van der Waals surface area (Å²) in [4.78, 5) is 24.4. The van der Waals surface area contributed by atoms with Gasteiger partial charge in [0.2, 0.25) is 5.91 Å². The molecule has 0 saturated carbocycles. The quantitative estimate of drug-likeness (QED) is 0.770. The third-order valence-corrected chi connectivity index (χ3v) is 3.21. The number of hydrogen-bond donors (Lipinski definition) is 1. The van der Waals surface area contributed by atoms with Crippen molar-refractivity contribution < 1.29 is 14.7 Å². The van der Waals surface area contributed by atoms with Crippen LogP contribution >= 0.6 is 0 Å². The highest BCUT2D eigenvalue weighted by atomic mass is 16.4. The lowest BCUT2D eigenvalue weighted by Gasteiger charge is -2.26. The van der Waals surface area contributed by atoms with Crippen LogP contribution in [0.4, 0.5) is 0 Å². The minimum absolute atomic E-state index is 0.0186. The molecule has 1 aliphatic heterocycles. The van der Waals surface area contributed by atoms with Crippen molar-refractivity contribution in [3.05, 3.63) is 0 Å². The Morgan fingerprint density at radius 2 is 1.93 bits per heavy atom. The van der Waals surface area contributed by atoms with Crippen molar-refractivity contribution in [2.45, 2.75) is 39.7 Å². The van der Waals surface area contributed by atoms with E-state index < -0.39 is 12.0 Å². The van der Waals surface area contributed by atoms with E-state index in [1.807, 2.05) is 20.8 Å². The molecular formula is C11H19NO3. The molecule has 1 unspecified atom stereocenters. The molecule has 1 saturated heterocycles. The van der Waals surface area contributed by atoms with Crippen molar-refractivity contribution >= 4 is 11.9 Å². The maximum Gasteiger partial charge on any atom is 0.326 e. The molecule has 0 aromatic carbocycles. The van der Waals surface area contributed by atoms with Gasteiger partial charge in [0.15, 0.2) is 0 Å². The summed E-state index contributed by atoms with van der Waals surface area (Å²) in [5.41, 5.74) is 0. The van der Waals surface area contributed by atoms with E-state index in [1.54, 1.807) is 0 Å². The molecule has 1 heterocycles. The van der Waals surface area contributed by atoms with Crippen LogP contribution in [0.1, 0.15) is 33.6 Å². The van der Waals surface area contributed by atoms with Gasteiger partial charge < -0.3 is 10.0 Å². The third-order valence-electron chi connectivity index (χ3n) is 3.21. The largest absolute Gasteiger partial charge is 0.480 e. The molecule has 1 N–H and O–H groups in total. The third kappa shape index (κ3) is 2.49. The lowest BCUT2D eigenvalue weighted by atomic mass is 9.96. The van der Waals surface area contributed by atoms with Crippen LogP contribution in [0.5, 0.6) is 0 Å². The second kappa shape index (κ2) is 4.64. The number of amides is 1. The SMILES string of the molecule is CC(C)[C@@H](C)C(=O)N1CCCC1C(=O)O. The molecule has 15 heavy (non-hydrogen) atoms. The fraction of sp³-hybridized carbons (Fsp3) is 0.818. The Kier molecular flexibility index (Phi) is 3.72. The Morgan fingerprint density at radius 1 is 1.33 bits per heavy atom. The monoisotopic (exact) mass is 213 g/mol. The van der Waals surface area contributed by atoms with Gasteiger partial charge in [-0.25, -0.2) is 4.79 Å². The normalized spacial score (nSPS) is 23.2. The topological polar surface area (TPSA) is 57.6 Å². The molecule has 0 aromatic heterocycles. The minimum atomic E-state index is -0.878. The molecule has 2 atom stereocenters. The average Bonchev–Trinajstić information content (AvgIpc) is 2.63. The fourth-order valence-corrected chi connectivity index (χ4v) is 1.83. The Morgan fingerprint density at radius 3 is 2.40 bits per heavy atom. The first-order valence-corrected chi connectivity index (χ1v) is 5.48. The van der Waals surface area contributed by atoms with Gasteiger partial charge in [0, 0.05) is 12.5 Å². The van der Waals surface area contributed by atoms with Gasteiger partial charge >= 0.3 is 5.97 Å². The zero-order chi connectivity index (χ0) is 11.6. The Hall–Kier alpha value is -1.06. The lowest BCUT2D eigenvalue weighted by molar-refractivity contribution is -0.150. The van der Waals surface area contributed by atoms with E-state index >= 15 is 0 Å². The molecule has 4 heteroatoms. The summed E-state index contributed by atoms with van der Waals surface area (Å²) in [5, 5.41) is 8.96. The average molecular weight is 213 g/mol. The lowest BCUT2D eigenvalue weighted by Crippen LogP contribution is -2.43. The van der Waals surface area contributed by atoms with Crippen molar-refractivity contribution in [3.63, 3.8) is 0 Å². The summed E-state index contributed by atoms with van der Waals surface area (Å²) in [7, 11) is 0. The summed E-state index contributed by atoms with van der Waals surface area (Å²) in [6, 6.07) is -0.598. The Balaban J connectivity index is 2.70. The predicted octanol–water partition coefficient (Wildman–Crippen LogP) is 1.35. The van der Waals surface area contributed by atoms with E-state index in [0.29, 0.717) is 13.0 Å². The first kappa shape index (κ1) is 12.0. The van der Waals surface area contributed by atoms with Crippen LogP contribution in [0.3, 0.4) is 0 Å². The van der Waals surface area contributed by atoms with Crippen LogP contribution in [-0.2, 0) is 9.59 Å². The number of hydrogen-bond acceptors (Lipinski definition) is 2. The summed E-state index contributed by atoms with van der Waals surface area (Å²) in [6.07, 6.45) is 1.39. The van der Waals surface area contributed by atoms with Crippen molar-refractivity contribution in [3.8, 4) is 0 Å². The van der Waals surface area contributed by atoms with Crippen LogP contribution in [-0.4, -0.2) is 34.5 Å². The maximum atomic E-state index is 12.0. The molecule has 1 rings (SSSR count). The number of aliphatic carboxylic acids is 1. The Labute approximate surface area is 90.3 Å². The number of carbonyl (C=O) groups is 2. The maximum absolute atomic E-state index is 12.0. The summed E-state index contributed by atoms with van der Waals surface area (Å²) < 4.78 is 0. The second-order valence-electron chi connectivity index (χ2n) is 4.56. The molecule has 4 nitrogen and oxygen atoms in total. The Bertz CT molecular complexity index is 263. The van der Waals surface area contributed by atoms with Gasteiger partial charge in [0.1, 0.15) is 6.04 Å². The molecule has 0 aromatic rings. The van der Waals surface area contributed by atoms with Gasteiger partial charge in [-0.05, 0) is 18.8 Å². The molecule has 1 fully saturated rings. The minimum Gasteiger partial charge on any atom is -0.480 e. The van der Waals surface area contributed by atoms with Gasteiger partial charge in [0.25, 0.3) is 0 Å². The first-order valence-electron chi connectivity index (χ1n) is 5.48. The van der Waals surface area contributed by atoms with E-state index in [0.717, 1.165) is 6.42 Å². The predicted molar refractivity (Wildman–Crippen MR) is 56.4 cm³/mol. The number of rotatable bonds is 3. The molecule has 0 spiro atoms. The van der Waals surface area contributed by atoms with Crippen molar-refractivity contribution in [1.82, 2.24) is 4.90 Å². The summed E-state index contributed by atoms with van der Waals surface area (Å²) in [6.45, 7) is 6.42. The highest BCUT2D eigenvalue weighted by Crippen LogP contribution is 2.22. The number of nitrogens with zero attached hydrogens (tertiary/aromatic N) is 1. The van der Waals surface area contributed by atoms with E-state index in [9.17, 15) is 9.59 Å². The number of likely N-dealkylation sites (tertiary alicyclic amines) is 1. The highest BCUT2D eigenvalue weighted by molar-refractivity contribution is 5.85.